The number of nitrogens with one attached hydrogen (secondary N) is 1. The molecule has 0 spiro atoms. The van der Waals surface area contributed by atoms with Crippen LogP contribution in [0.5, 0.6) is 0 Å². The number of amides is 1. The van der Waals surface area contributed by atoms with Crippen molar-refractivity contribution in [2.24, 2.45) is 0 Å². The van der Waals surface area contributed by atoms with E-state index in [1.807, 2.05) is 6.07 Å². The summed E-state index contributed by atoms with van der Waals surface area (Å²) in [5.74, 6) is -1.29. The highest BCUT2D eigenvalue weighted by molar-refractivity contribution is 5.98. The number of nitrogens with zero attached hydrogens (tertiary/aromatic N) is 2. The van der Waals surface area contributed by atoms with Gasteiger partial charge in [0.05, 0.1) is 17.2 Å². The lowest BCUT2D eigenvalue weighted by molar-refractivity contribution is -0.123. The van der Waals surface area contributed by atoms with Crippen LogP contribution in [0.3, 0.4) is 0 Å². The third kappa shape index (κ3) is 4.33. The zero-order chi connectivity index (χ0) is 19.4. The van der Waals surface area contributed by atoms with Gasteiger partial charge in [0, 0.05) is 11.3 Å². The average Bonchev–Trinajstić information content (AvgIpc) is 2.67. The number of hydrogen-bond acceptors (Lipinski definition) is 6. The van der Waals surface area contributed by atoms with E-state index in [2.05, 4.69) is 15.3 Å². The molecule has 0 saturated heterocycles. The molecule has 1 amide bonds. The fourth-order valence-corrected chi connectivity index (χ4v) is 2.36. The van der Waals surface area contributed by atoms with Crippen molar-refractivity contribution in [3.63, 3.8) is 0 Å². The number of para-hydroxylation sites is 2. The molecule has 1 N–H and O–H groups in total. The van der Waals surface area contributed by atoms with Crippen LogP contribution < -0.4 is 5.32 Å². The molecule has 0 aliphatic carbocycles. The molecule has 1 atom stereocenters. The molecule has 3 rings (SSSR count). The number of fused-ring (bicyclic) bond motifs is 1. The number of benzene rings is 2. The number of esters is 1. The third-order valence-electron chi connectivity index (χ3n) is 3.87. The van der Waals surface area contributed by atoms with Crippen molar-refractivity contribution >= 4 is 34.4 Å². The Hall–Kier alpha value is -3.61. The van der Waals surface area contributed by atoms with Crippen molar-refractivity contribution < 1.29 is 19.1 Å². The lowest BCUT2D eigenvalue weighted by Crippen LogP contribution is -2.30. The number of aromatic nitrogens is 2. The van der Waals surface area contributed by atoms with E-state index >= 15 is 0 Å². The second kappa shape index (κ2) is 7.74. The van der Waals surface area contributed by atoms with Crippen LogP contribution in [0.2, 0.25) is 0 Å². The Morgan fingerprint density at radius 2 is 1.67 bits per heavy atom. The van der Waals surface area contributed by atoms with Gasteiger partial charge >= 0.3 is 5.97 Å². The van der Waals surface area contributed by atoms with Gasteiger partial charge in [-0.1, -0.05) is 12.1 Å². The zero-order valence-corrected chi connectivity index (χ0v) is 14.8. The monoisotopic (exact) mass is 363 g/mol. The first kappa shape index (κ1) is 18.2. The van der Waals surface area contributed by atoms with Crippen LogP contribution in [0.4, 0.5) is 5.69 Å². The number of Topliss-reactive ketones (excluding diaryl/α,β-unsaturated/α-hetero) is 1. The third-order valence-corrected chi connectivity index (χ3v) is 3.87. The smallest absolute Gasteiger partial charge is 0.359 e. The van der Waals surface area contributed by atoms with Crippen molar-refractivity contribution in [3.8, 4) is 0 Å². The molecule has 0 aliphatic rings. The maximum Gasteiger partial charge on any atom is 0.359 e. The SMILES string of the molecule is CC(=O)c1ccc(NC(=O)[C@H](C)OC(=O)c2cnc3ccccc3n2)cc1. The highest BCUT2D eigenvalue weighted by atomic mass is 16.5. The van der Waals surface area contributed by atoms with E-state index in [0.717, 1.165) is 0 Å². The first-order valence-electron chi connectivity index (χ1n) is 8.28. The molecular formula is C20H17N3O4. The minimum absolute atomic E-state index is 0.0270. The first-order chi connectivity index (χ1) is 12.9. The molecular weight excluding hydrogens is 346 g/mol. The number of ether oxygens (including phenoxy) is 1. The number of hydrogen-bond donors (Lipinski definition) is 1. The van der Waals surface area contributed by atoms with E-state index in [0.29, 0.717) is 22.3 Å². The molecule has 7 nitrogen and oxygen atoms in total. The van der Waals surface area contributed by atoms with Gasteiger partial charge in [0.25, 0.3) is 5.91 Å². The molecule has 3 aromatic rings. The van der Waals surface area contributed by atoms with Gasteiger partial charge in [0.1, 0.15) is 0 Å². The van der Waals surface area contributed by atoms with Gasteiger partial charge in [0.2, 0.25) is 0 Å². The molecule has 0 unspecified atom stereocenters. The topological polar surface area (TPSA) is 98.2 Å². The molecule has 7 heteroatoms. The lowest BCUT2D eigenvalue weighted by Gasteiger charge is -2.13. The highest BCUT2D eigenvalue weighted by Crippen LogP contribution is 2.12. The summed E-state index contributed by atoms with van der Waals surface area (Å²) in [4.78, 5) is 44.1. The van der Waals surface area contributed by atoms with E-state index in [9.17, 15) is 14.4 Å². The van der Waals surface area contributed by atoms with Crippen LogP contribution in [0.15, 0.2) is 54.7 Å². The fourth-order valence-electron chi connectivity index (χ4n) is 2.36. The van der Waals surface area contributed by atoms with Crippen molar-refractivity contribution in [1.29, 1.82) is 0 Å². The standard InChI is InChI=1S/C20H17N3O4/c1-12(24)14-7-9-15(10-8-14)22-19(25)13(2)27-20(26)18-11-21-16-5-3-4-6-17(16)23-18/h3-11,13H,1-2H3,(H,22,25)/t13-/m0/s1. The molecule has 2 aromatic carbocycles. The van der Waals surface area contributed by atoms with Crippen molar-refractivity contribution in [1.82, 2.24) is 9.97 Å². The lowest BCUT2D eigenvalue weighted by atomic mass is 10.1. The van der Waals surface area contributed by atoms with Gasteiger partial charge in [-0.25, -0.2) is 9.78 Å². The minimum Gasteiger partial charge on any atom is -0.448 e. The summed E-state index contributed by atoms with van der Waals surface area (Å²) in [5, 5.41) is 2.63. The van der Waals surface area contributed by atoms with Crippen LogP contribution >= 0.6 is 0 Å². The van der Waals surface area contributed by atoms with Gasteiger partial charge in [-0.2, -0.15) is 0 Å². The number of anilines is 1. The van der Waals surface area contributed by atoms with Crippen molar-refractivity contribution in [2.75, 3.05) is 5.32 Å². The number of ketones is 1. The second-order valence-corrected chi connectivity index (χ2v) is 5.91. The summed E-state index contributed by atoms with van der Waals surface area (Å²) < 4.78 is 5.17. The highest BCUT2D eigenvalue weighted by Gasteiger charge is 2.20. The van der Waals surface area contributed by atoms with E-state index in [-0.39, 0.29) is 11.5 Å². The summed E-state index contributed by atoms with van der Waals surface area (Å²) in [6.45, 7) is 2.93. The molecule has 1 aromatic heterocycles. The van der Waals surface area contributed by atoms with Crippen LogP contribution in [0, 0.1) is 0 Å². The maximum atomic E-state index is 12.2. The summed E-state index contributed by atoms with van der Waals surface area (Å²) >= 11 is 0. The number of carbonyl (C=O) groups is 3. The predicted octanol–water partition coefficient (Wildman–Crippen LogP) is 3.02. The molecule has 0 bridgehead atoms. The van der Waals surface area contributed by atoms with E-state index < -0.39 is 18.0 Å². The normalized spacial score (nSPS) is 11.6. The average molecular weight is 363 g/mol. The van der Waals surface area contributed by atoms with Crippen LogP contribution in [0.1, 0.15) is 34.7 Å². The Morgan fingerprint density at radius 3 is 2.33 bits per heavy atom. The molecule has 0 fully saturated rings. The van der Waals surface area contributed by atoms with Crippen molar-refractivity contribution in [3.05, 3.63) is 66.0 Å². The number of rotatable bonds is 5. The Bertz CT molecular complexity index is 1020. The quantitative estimate of drug-likeness (QED) is 0.553. The van der Waals surface area contributed by atoms with Crippen LogP contribution in [-0.2, 0) is 9.53 Å². The molecule has 0 radical (unpaired) electrons. The Balaban J connectivity index is 1.64. The molecule has 1 heterocycles. The van der Waals surface area contributed by atoms with Gasteiger partial charge in [-0.3, -0.25) is 14.6 Å². The van der Waals surface area contributed by atoms with E-state index in [4.69, 9.17) is 4.74 Å². The summed E-state index contributed by atoms with van der Waals surface area (Å²) in [7, 11) is 0. The summed E-state index contributed by atoms with van der Waals surface area (Å²) in [6.07, 6.45) is 0.286. The van der Waals surface area contributed by atoms with E-state index in [1.165, 1.54) is 20.0 Å². The van der Waals surface area contributed by atoms with Gasteiger partial charge in [-0.05, 0) is 50.2 Å². The first-order valence-corrected chi connectivity index (χ1v) is 8.28. The molecule has 0 saturated carbocycles. The maximum absolute atomic E-state index is 12.2. The second-order valence-electron chi connectivity index (χ2n) is 5.91. The Morgan fingerprint density at radius 1 is 1.00 bits per heavy atom. The zero-order valence-electron chi connectivity index (χ0n) is 14.8. The van der Waals surface area contributed by atoms with Crippen molar-refractivity contribution in [2.45, 2.75) is 20.0 Å². The summed E-state index contributed by atoms with van der Waals surface area (Å²) in [6, 6.07) is 13.6. The molecule has 27 heavy (non-hydrogen) atoms. The Kier molecular flexibility index (Phi) is 5.21. The molecule has 136 valence electrons. The van der Waals surface area contributed by atoms with Gasteiger partial charge in [0.15, 0.2) is 17.6 Å². The Labute approximate surface area is 155 Å². The van der Waals surface area contributed by atoms with Gasteiger partial charge in [-0.15, -0.1) is 0 Å². The molecule has 0 aliphatic heterocycles. The van der Waals surface area contributed by atoms with Crippen LogP contribution in [-0.4, -0.2) is 33.7 Å². The number of carbonyl (C=O) groups excluding carboxylic acids is 3. The van der Waals surface area contributed by atoms with Gasteiger partial charge < -0.3 is 10.1 Å². The predicted molar refractivity (Wildman–Crippen MR) is 99.5 cm³/mol. The van der Waals surface area contributed by atoms with Crippen LogP contribution in [0.25, 0.3) is 11.0 Å². The summed E-state index contributed by atoms with van der Waals surface area (Å²) in [5.41, 5.74) is 2.29. The van der Waals surface area contributed by atoms with E-state index in [1.54, 1.807) is 42.5 Å². The minimum atomic E-state index is -1.03. The fraction of sp³-hybridized carbons (Fsp3) is 0.150. The largest absolute Gasteiger partial charge is 0.448 e.